The highest BCUT2D eigenvalue weighted by atomic mass is 127. The van der Waals surface area contributed by atoms with E-state index in [4.69, 9.17) is 10.00 Å². The highest BCUT2D eigenvalue weighted by Gasteiger charge is 2.17. The molecule has 0 saturated heterocycles. The van der Waals surface area contributed by atoms with Gasteiger partial charge in [0.15, 0.2) is 0 Å². The van der Waals surface area contributed by atoms with E-state index < -0.39 is 10.9 Å². The number of hydrogen-bond donors (Lipinski definition) is 0. The molecule has 0 spiro atoms. The zero-order chi connectivity index (χ0) is 13.7. The Labute approximate surface area is 117 Å². The van der Waals surface area contributed by atoms with Gasteiger partial charge in [-0.3, -0.25) is 14.9 Å². The molecule has 7 heteroatoms. The molecule has 0 fully saturated rings. The predicted octanol–water partition coefficient (Wildman–Crippen LogP) is 2.18. The number of hydrogen-bond acceptors (Lipinski definition) is 5. The topological polar surface area (TPSA) is 93.2 Å². The molecule has 0 aliphatic heterocycles. The maximum absolute atomic E-state index is 11.4. The smallest absolute Gasteiger partial charge is 0.310 e. The summed E-state index contributed by atoms with van der Waals surface area (Å²) < 4.78 is 5.21. The molecule has 1 rings (SSSR count). The minimum atomic E-state index is -0.558. The van der Waals surface area contributed by atoms with Crippen molar-refractivity contribution in [2.45, 2.75) is 13.3 Å². The molecule has 1 aromatic rings. The molecule has 0 aromatic heterocycles. The molecule has 0 N–H and O–H groups in total. The third kappa shape index (κ3) is 3.40. The van der Waals surface area contributed by atoms with E-state index in [-0.39, 0.29) is 24.3 Å². The summed E-state index contributed by atoms with van der Waals surface area (Å²) in [6, 6.07) is 4.47. The first-order chi connectivity index (χ1) is 8.49. The van der Waals surface area contributed by atoms with Crippen molar-refractivity contribution in [2.75, 3.05) is 6.61 Å². The first-order valence-electron chi connectivity index (χ1n) is 5.02. The SMILES string of the molecule is CCOC(=O)Cc1cc([N+](=O)[O-])cc(I)c1C#N. The quantitative estimate of drug-likeness (QED) is 0.355. The van der Waals surface area contributed by atoms with Crippen molar-refractivity contribution in [1.29, 1.82) is 5.26 Å². The Morgan fingerprint density at radius 2 is 2.28 bits per heavy atom. The van der Waals surface area contributed by atoms with Crippen LogP contribution in [0.5, 0.6) is 0 Å². The summed E-state index contributed by atoms with van der Waals surface area (Å²) in [5.74, 6) is -0.509. The Morgan fingerprint density at radius 1 is 1.61 bits per heavy atom. The molecule has 0 atom stereocenters. The Morgan fingerprint density at radius 3 is 2.78 bits per heavy atom. The van der Waals surface area contributed by atoms with E-state index in [1.807, 2.05) is 28.7 Å². The van der Waals surface area contributed by atoms with Crippen LogP contribution < -0.4 is 0 Å². The van der Waals surface area contributed by atoms with E-state index in [2.05, 4.69) is 0 Å². The van der Waals surface area contributed by atoms with Crippen molar-refractivity contribution >= 4 is 34.2 Å². The van der Waals surface area contributed by atoms with Crippen molar-refractivity contribution in [1.82, 2.24) is 0 Å². The van der Waals surface area contributed by atoms with Crippen LogP contribution in [0.4, 0.5) is 5.69 Å². The summed E-state index contributed by atoms with van der Waals surface area (Å²) in [5.41, 5.74) is 0.446. The van der Waals surface area contributed by atoms with Gasteiger partial charge in [0.1, 0.15) is 6.07 Å². The summed E-state index contributed by atoms with van der Waals surface area (Å²) in [6.07, 6.45) is -0.144. The van der Waals surface area contributed by atoms with Gasteiger partial charge in [0, 0.05) is 15.7 Å². The van der Waals surface area contributed by atoms with E-state index in [1.165, 1.54) is 12.1 Å². The Balaban J connectivity index is 3.19. The summed E-state index contributed by atoms with van der Waals surface area (Å²) in [6.45, 7) is 1.90. The molecule has 0 heterocycles. The molecule has 94 valence electrons. The van der Waals surface area contributed by atoms with Gasteiger partial charge in [-0.2, -0.15) is 5.26 Å². The van der Waals surface area contributed by atoms with Gasteiger partial charge in [0.2, 0.25) is 0 Å². The van der Waals surface area contributed by atoms with Gasteiger partial charge in [-0.15, -0.1) is 0 Å². The molecule has 0 bridgehead atoms. The summed E-state index contributed by atoms with van der Waals surface area (Å²) in [5, 5.41) is 19.7. The molecular formula is C11H9IN2O4. The maximum Gasteiger partial charge on any atom is 0.310 e. The fraction of sp³-hybridized carbons (Fsp3) is 0.273. The van der Waals surface area contributed by atoms with Gasteiger partial charge in [-0.05, 0) is 35.1 Å². The van der Waals surface area contributed by atoms with Crippen molar-refractivity contribution < 1.29 is 14.5 Å². The third-order valence-electron chi connectivity index (χ3n) is 2.12. The van der Waals surface area contributed by atoms with Gasteiger partial charge in [-0.1, -0.05) is 0 Å². The number of ether oxygens (including phenoxy) is 1. The van der Waals surface area contributed by atoms with E-state index in [1.54, 1.807) is 6.92 Å². The second-order valence-electron chi connectivity index (χ2n) is 3.31. The second-order valence-corrected chi connectivity index (χ2v) is 4.47. The van der Waals surface area contributed by atoms with Crippen molar-refractivity contribution in [3.63, 3.8) is 0 Å². The van der Waals surface area contributed by atoms with E-state index in [9.17, 15) is 14.9 Å². The van der Waals surface area contributed by atoms with Crippen molar-refractivity contribution in [3.05, 3.63) is 36.9 Å². The Kier molecular flexibility index (Phi) is 5.03. The summed E-state index contributed by atoms with van der Waals surface area (Å²) >= 11 is 1.83. The molecule has 0 amide bonds. The zero-order valence-electron chi connectivity index (χ0n) is 9.47. The number of esters is 1. The van der Waals surface area contributed by atoms with E-state index in [0.29, 0.717) is 9.13 Å². The Hall–Kier alpha value is -1.69. The first kappa shape index (κ1) is 14.4. The number of carbonyl (C=O) groups excluding carboxylic acids is 1. The second kappa shape index (κ2) is 6.30. The number of nitro groups is 1. The normalized spacial score (nSPS) is 9.61. The zero-order valence-corrected chi connectivity index (χ0v) is 11.6. The number of non-ortho nitro benzene ring substituents is 1. The van der Waals surface area contributed by atoms with Crippen LogP contribution >= 0.6 is 22.6 Å². The van der Waals surface area contributed by atoms with Crippen LogP contribution in [0.3, 0.4) is 0 Å². The molecule has 1 aromatic carbocycles. The maximum atomic E-state index is 11.4. The summed E-state index contributed by atoms with van der Waals surface area (Å²) in [7, 11) is 0. The lowest BCUT2D eigenvalue weighted by molar-refractivity contribution is -0.385. The van der Waals surface area contributed by atoms with Crippen LogP contribution in [-0.2, 0) is 16.0 Å². The van der Waals surface area contributed by atoms with Crippen LogP contribution in [0.2, 0.25) is 0 Å². The molecule has 0 saturated carbocycles. The average Bonchev–Trinajstić information content (AvgIpc) is 2.28. The number of rotatable bonds is 4. The lowest BCUT2D eigenvalue weighted by atomic mass is 10.0. The number of nitrogens with zero attached hydrogens (tertiary/aromatic N) is 2. The average molecular weight is 360 g/mol. The first-order valence-corrected chi connectivity index (χ1v) is 6.10. The third-order valence-corrected chi connectivity index (χ3v) is 2.97. The van der Waals surface area contributed by atoms with Crippen LogP contribution in [0.15, 0.2) is 12.1 Å². The van der Waals surface area contributed by atoms with Crippen LogP contribution in [0.1, 0.15) is 18.1 Å². The lowest BCUT2D eigenvalue weighted by Crippen LogP contribution is -2.09. The lowest BCUT2D eigenvalue weighted by Gasteiger charge is -2.06. The summed E-state index contributed by atoms with van der Waals surface area (Å²) in [4.78, 5) is 21.5. The number of halogens is 1. The molecule has 0 aliphatic carbocycles. The van der Waals surface area contributed by atoms with Gasteiger partial charge in [0.25, 0.3) is 5.69 Å². The van der Waals surface area contributed by atoms with Crippen LogP contribution in [0, 0.1) is 25.0 Å². The molecule has 0 unspecified atom stereocenters. The number of benzene rings is 1. The van der Waals surface area contributed by atoms with Gasteiger partial charge < -0.3 is 4.74 Å². The molecule has 0 radical (unpaired) electrons. The largest absolute Gasteiger partial charge is 0.466 e. The molecule has 18 heavy (non-hydrogen) atoms. The minimum absolute atomic E-state index is 0.141. The standard InChI is InChI=1S/C11H9IN2O4/c1-2-18-11(15)4-7-3-8(14(16)17)5-10(12)9(7)6-13/h3,5H,2,4H2,1H3. The van der Waals surface area contributed by atoms with Crippen molar-refractivity contribution in [2.24, 2.45) is 0 Å². The van der Waals surface area contributed by atoms with Crippen LogP contribution in [0.25, 0.3) is 0 Å². The Bertz CT molecular complexity index is 537. The highest BCUT2D eigenvalue weighted by molar-refractivity contribution is 14.1. The highest BCUT2D eigenvalue weighted by Crippen LogP contribution is 2.24. The minimum Gasteiger partial charge on any atom is -0.466 e. The van der Waals surface area contributed by atoms with Gasteiger partial charge in [0.05, 0.1) is 23.5 Å². The monoisotopic (exact) mass is 360 g/mol. The van der Waals surface area contributed by atoms with E-state index >= 15 is 0 Å². The predicted molar refractivity (Wildman–Crippen MR) is 70.9 cm³/mol. The molecular weight excluding hydrogens is 351 g/mol. The van der Waals surface area contributed by atoms with Gasteiger partial charge >= 0.3 is 5.97 Å². The molecule has 6 nitrogen and oxygen atoms in total. The number of carbonyl (C=O) groups is 1. The van der Waals surface area contributed by atoms with Crippen LogP contribution in [-0.4, -0.2) is 17.5 Å². The fourth-order valence-electron chi connectivity index (χ4n) is 1.39. The van der Waals surface area contributed by atoms with Gasteiger partial charge in [-0.25, -0.2) is 0 Å². The van der Waals surface area contributed by atoms with Crippen molar-refractivity contribution in [3.8, 4) is 6.07 Å². The fourth-order valence-corrected chi connectivity index (χ4v) is 2.17. The number of nitriles is 1. The van der Waals surface area contributed by atoms with E-state index in [0.717, 1.165) is 0 Å². The number of nitro benzene ring substituents is 1. The molecule has 0 aliphatic rings.